The molecule has 21 heavy (non-hydrogen) atoms. The van der Waals surface area contributed by atoms with Gasteiger partial charge in [0.05, 0.1) is 5.52 Å². The third kappa shape index (κ3) is 3.15. The molecule has 0 unspecified atom stereocenters. The van der Waals surface area contributed by atoms with Crippen molar-refractivity contribution in [2.45, 2.75) is 46.3 Å². The van der Waals surface area contributed by atoms with E-state index in [0.717, 1.165) is 12.6 Å². The molecule has 1 heterocycles. The van der Waals surface area contributed by atoms with Crippen LogP contribution in [0.4, 0.5) is 14.7 Å². The molecule has 2 aromatic rings. The van der Waals surface area contributed by atoms with Crippen molar-refractivity contribution < 1.29 is 8.78 Å². The maximum absolute atomic E-state index is 13.7. The zero-order valence-electron chi connectivity index (χ0n) is 12.9. The molecular formula is C15H22F2N4. The third-order valence-electron chi connectivity index (χ3n) is 3.71. The fourth-order valence-electron chi connectivity index (χ4n) is 2.73. The Morgan fingerprint density at radius 2 is 1.81 bits per heavy atom. The first-order chi connectivity index (χ1) is 9.81. The van der Waals surface area contributed by atoms with Gasteiger partial charge in [-0.1, -0.05) is 0 Å². The van der Waals surface area contributed by atoms with E-state index in [1.165, 1.54) is 6.07 Å². The van der Waals surface area contributed by atoms with Gasteiger partial charge in [0, 0.05) is 37.3 Å². The number of aromatic nitrogens is 2. The molecule has 1 aromatic carbocycles. The minimum atomic E-state index is -0.681. The Kier molecular flexibility index (Phi) is 4.46. The van der Waals surface area contributed by atoms with E-state index in [2.05, 4.69) is 37.6 Å². The van der Waals surface area contributed by atoms with Gasteiger partial charge in [0.25, 0.3) is 0 Å². The maximum Gasteiger partial charge on any atom is 0.201 e. The second-order valence-electron chi connectivity index (χ2n) is 5.80. The second kappa shape index (κ2) is 5.97. The van der Waals surface area contributed by atoms with Crippen LogP contribution >= 0.6 is 0 Å². The van der Waals surface area contributed by atoms with Gasteiger partial charge in [-0.3, -0.25) is 4.90 Å². The van der Waals surface area contributed by atoms with Crippen molar-refractivity contribution in [2.24, 2.45) is 0 Å². The summed E-state index contributed by atoms with van der Waals surface area (Å²) in [5.41, 5.74) is 6.38. The summed E-state index contributed by atoms with van der Waals surface area (Å²) in [6.45, 7) is 9.76. The summed E-state index contributed by atoms with van der Waals surface area (Å²) >= 11 is 0. The quantitative estimate of drug-likeness (QED) is 0.922. The zero-order chi connectivity index (χ0) is 15.7. The summed E-state index contributed by atoms with van der Waals surface area (Å²) < 4.78 is 28.8. The summed E-state index contributed by atoms with van der Waals surface area (Å²) in [6.07, 6.45) is 0. The highest BCUT2D eigenvalue weighted by atomic mass is 19.1. The van der Waals surface area contributed by atoms with Crippen LogP contribution in [0.2, 0.25) is 0 Å². The predicted octanol–water partition coefficient (Wildman–Crippen LogP) is 3.02. The number of nitrogens with two attached hydrogens (primary N) is 1. The van der Waals surface area contributed by atoms with E-state index in [4.69, 9.17) is 5.73 Å². The summed E-state index contributed by atoms with van der Waals surface area (Å²) in [5.74, 6) is -1.09. The predicted molar refractivity (Wildman–Crippen MR) is 81.0 cm³/mol. The molecule has 0 bridgehead atoms. The van der Waals surface area contributed by atoms with Gasteiger partial charge in [0.15, 0.2) is 5.82 Å². The number of benzene rings is 1. The Balaban J connectivity index is 2.32. The van der Waals surface area contributed by atoms with Crippen molar-refractivity contribution in [2.75, 3.05) is 12.3 Å². The summed E-state index contributed by atoms with van der Waals surface area (Å²) in [4.78, 5) is 6.29. The molecule has 1 aromatic heterocycles. The van der Waals surface area contributed by atoms with Gasteiger partial charge in [0.2, 0.25) is 5.95 Å². The normalized spacial score (nSPS) is 12.2. The number of anilines is 1. The summed E-state index contributed by atoms with van der Waals surface area (Å²) in [5, 5.41) is 0. The van der Waals surface area contributed by atoms with Gasteiger partial charge in [0.1, 0.15) is 11.3 Å². The Bertz CT molecular complexity index is 626. The summed E-state index contributed by atoms with van der Waals surface area (Å²) in [7, 11) is 0. The van der Waals surface area contributed by atoms with Crippen LogP contribution in [0.1, 0.15) is 27.7 Å². The SMILES string of the molecule is CC(C)N(CCn1c(N)nc2c(F)cc(F)cc21)C(C)C. The Morgan fingerprint density at radius 1 is 1.19 bits per heavy atom. The van der Waals surface area contributed by atoms with E-state index >= 15 is 0 Å². The molecule has 4 nitrogen and oxygen atoms in total. The molecule has 6 heteroatoms. The lowest BCUT2D eigenvalue weighted by atomic mass is 10.2. The molecule has 116 valence electrons. The van der Waals surface area contributed by atoms with E-state index < -0.39 is 11.6 Å². The fraction of sp³-hybridized carbons (Fsp3) is 0.533. The van der Waals surface area contributed by atoms with Crippen LogP contribution in [0, 0.1) is 11.6 Å². The van der Waals surface area contributed by atoms with Crippen molar-refractivity contribution in [1.29, 1.82) is 0 Å². The first kappa shape index (κ1) is 15.7. The number of nitrogen functional groups attached to an aromatic ring is 1. The lowest BCUT2D eigenvalue weighted by molar-refractivity contribution is 0.169. The second-order valence-corrected chi connectivity index (χ2v) is 5.80. The van der Waals surface area contributed by atoms with E-state index in [9.17, 15) is 8.78 Å². The van der Waals surface area contributed by atoms with Crippen LogP contribution in [0.15, 0.2) is 12.1 Å². The number of hydrogen-bond donors (Lipinski definition) is 1. The van der Waals surface area contributed by atoms with E-state index in [-0.39, 0.29) is 11.5 Å². The number of fused-ring (bicyclic) bond motifs is 1. The first-order valence-corrected chi connectivity index (χ1v) is 7.17. The molecule has 2 N–H and O–H groups in total. The van der Waals surface area contributed by atoms with Crippen molar-refractivity contribution in [1.82, 2.24) is 14.5 Å². The molecule has 0 amide bonds. The summed E-state index contributed by atoms with van der Waals surface area (Å²) in [6, 6.07) is 2.87. The highest BCUT2D eigenvalue weighted by Gasteiger charge is 2.17. The van der Waals surface area contributed by atoms with Crippen molar-refractivity contribution in [3.05, 3.63) is 23.8 Å². The van der Waals surface area contributed by atoms with Crippen molar-refractivity contribution >= 4 is 17.0 Å². The molecular weight excluding hydrogens is 274 g/mol. The number of halogens is 2. The van der Waals surface area contributed by atoms with Gasteiger partial charge in [-0.2, -0.15) is 0 Å². The largest absolute Gasteiger partial charge is 0.369 e. The van der Waals surface area contributed by atoms with Crippen molar-refractivity contribution in [3.8, 4) is 0 Å². The number of nitrogens with zero attached hydrogens (tertiary/aromatic N) is 3. The average molecular weight is 296 g/mol. The van der Waals surface area contributed by atoms with Crippen molar-refractivity contribution in [3.63, 3.8) is 0 Å². The maximum atomic E-state index is 13.7. The topological polar surface area (TPSA) is 47.1 Å². The van der Waals surface area contributed by atoms with E-state index in [1.54, 1.807) is 4.57 Å². The highest BCUT2D eigenvalue weighted by molar-refractivity contribution is 5.79. The minimum Gasteiger partial charge on any atom is -0.369 e. The molecule has 0 spiro atoms. The van der Waals surface area contributed by atoms with Gasteiger partial charge in [-0.05, 0) is 27.7 Å². The van der Waals surface area contributed by atoms with E-state index in [0.29, 0.717) is 24.1 Å². The first-order valence-electron chi connectivity index (χ1n) is 7.17. The molecule has 0 aliphatic carbocycles. The highest BCUT2D eigenvalue weighted by Crippen LogP contribution is 2.22. The van der Waals surface area contributed by atoms with Crippen LogP contribution in [0.5, 0.6) is 0 Å². The van der Waals surface area contributed by atoms with Gasteiger partial charge in [-0.25, -0.2) is 13.8 Å². The number of imidazole rings is 1. The lowest BCUT2D eigenvalue weighted by Crippen LogP contribution is -2.39. The Morgan fingerprint density at radius 3 is 2.38 bits per heavy atom. The van der Waals surface area contributed by atoms with E-state index in [1.807, 2.05) is 0 Å². The Hall–Kier alpha value is -1.69. The Labute approximate surface area is 123 Å². The zero-order valence-corrected chi connectivity index (χ0v) is 12.9. The molecule has 0 saturated carbocycles. The van der Waals surface area contributed by atoms with Crippen LogP contribution in [0.3, 0.4) is 0 Å². The smallest absolute Gasteiger partial charge is 0.201 e. The van der Waals surface area contributed by atoms with Crippen LogP contribution < -0.4 is 5.73 Å². The minimum absolute atomic E-state index is 0.120. The molecule has 0 aliphatic rings. The molecule has 0 aliphatic heterocycles. The van der Waals surface area contributed by atoms with Gasteiger partial charge >= 0.3 is 0 Å². The monoisotopic (exact) mass is 296 g/mol. The van der Waals surface area contributed by atoms with Crippen LogP contribution in [-0.2, 0) is 6.54 Å². The molecule has 0 saturated heterocycles. The van der Waals surface area contributed by atoms with Gasteiger partial charge in [-0.15, -0.1) is 0 Å². The fourth-order valence-corrected chi connectivity index (χ4v) is 2.73. The molecule has 0 fully saturated rings. The number of rotatable bonds is 5. The third-order valence-corrected chi connectivity index (χ3v) is 3.71. The van der Waals surface area contributed by atoms with Crippen LogP contribution in [0.25, 0.3) is 11.0 Å². The molecule has 0 atom stereocenters. The number of hydrogen-bond acceptors (Lipinski definition) is 3. The standard InChI is InChI=1S/C15H22F2N4/c1-9(2)20(10(3)4)5-6-21-13-8-11(16)7-12(17)14(13)19-15(21)18/h7-10H,5-6H2,1-4H3,(H2,18,19). The van der Waals surface area contributed by atoms with Crippen LogP contribution in [-0.4, -0.2) is 33.1 Å². The lowest BCUT2D eigenvalue weighted by Gasteiger charge is -2.30. The molecule has 0 radical (unpaired) electrons. The van der Waals surface area contributed by atoms with Gasteiger partial charge < -0.3 is 10.3 Å². The average Bonchev–Trinajstić information content (AvgIpc) is 2.66. The molecule has 2 rings (SSSR count).